The summed E-state index contributed by atoms with van der Waals surface area (Å²) in [6.45, 7) is 5.07. The first-order chi connectivity index (χ1) is 10.2. The van der Waals surface area contributed by atoms with Crippen LogP contribution in [-0.4, -0.2) is 20.3 Å². The second-order valence-electron chi connectivity index (χ2n) is 4.46. The molecule has 2 aromatic rings. The van der Waals surface area contributed by atoms with Crippen LogP contribution in [0.25, 0.3) is 0 Å². The molecule has 1 heterocycles. The normalized spacial score (nSPS) is 12.2. The van der Waals surface area contributed by atoms with Crippen LogP contribution in [-0.2, 0) is 0 Å². The van der Waals surface area contributed by atoms with Crippen molar-refractivity contribution in [2.45, 2.75) is 19.9 Å². The summed E-state index contributed by atoms with van der Waals surface area (Å²) in [5.74, 6) is 1.42. The highest BCUT2D eigenvalue weighted by atomic mass is 35.5. The Hall–Kier alpha value is -1.23. The van der Waals surface area contributed by atoms with E-state index in [-0.39, 0.29) is 6.04 Å². The Balaban J connectivity index is 2.45. The Kier molecular flexibility index (Phi) is 5.91. The molecule has 21 heavy (non-hydrogen) atoms. The molecule has 0 radical (unpaired) electrons. The van der Waals surface area contributed by atoms with Crippen molar-refractivity contribution >= 4 is 22.9 Å². The lowest BCUT2D eigenvalue weighted by Crippen LogP contribution is -2.17. The maximum absolute atomic E-state index is 6.46. The second-order valence-corrected chi connectivity index (χ2v) is 5.65. The summed E-state index contributed by atoms with van der Waals surface area (Å²) in [5.41, 5.74) is 2.18. The average Bonchev–Trinajstić information content (AvgIpc) is 2.98. The molecule has 1 atom stereocenters. The van der Waals surface area contributed by atoms with Gasteiger partial charge >= 0.3 is 0 Å². The van der Waals surface area contributed by atoms with E-state index in [1.54, 1.807) is 11.3 Å². The number of nitrogens with one attached hydrogen (secondary N) is 1. The molecule has 3 nitrogen and oxygen atoms in total. The summed E-state index contributed by atoms with van der Waals surface area (Å²) < 4.78 is 11.3. The summed E-state index contributed by atoms with van der Waals surface area (Å²) in [6, 6.07) is 5.94. The minimum Gasteiger partial charge on any atom is -0.490 e. The Morgan fingerprint density at radius 3 is 2.38 bits per heavy atom. The summed E-state index contributed by atoms with van der Waals surface area (Å²) in [6.07, 6.45) is 0. The van der Waals surface area contributed by atoms with E-state index < -0.39 is 0 Å². The standard InChI is InChI=1S/C16H20ClNO2S/c1-4-19-14-8-12(13(17)9-15(14)20-5-2)16(18-3)11-6-7-21-10-11/h6-10,16,18H,4-5H2,1-3H3. The van der Waals surface area contributed by atoms with Gasteiger partial charge in [0.15, 0.2) is 11.5 Å². The number of ether oxygens (including phenoxy) is 2. The molecule has 0 saturated heterocycles. The van der Waals surface area contributed by atoms with Gasteiger partial charge in [-0.1, -0.05) is 11.6 Å². The average molecular weight is 326 g/mol. The molecule has 2 rings (SSSR count). The zero-order valence-corrected chi connectivity index (χ0v) is 14.1. The largest absolute Gasteiger partial charge is 0.490 e. The predicted octanol–water partition coefficient (Wildman–Crippen LogP) is 4.51. The van der Waals surface area contributed by atoms with Gasteiger partial charge in [-0.05, 0) is 54.9 Å². The van der Waals surface area contributed by atoms with E-state index in [0.717, 1.165) is 11.3 Å². The van der Waals surface area contributed by atoms with Gasteiger partial charge in [0.1, 0.15) is 0 Å². The molecule has 1 aromatic carbocycles. The topological polar surface area (TPSA) is 30.5 Å². The fraction of sp³-hybridized carbons (Fsp3) is 0.375. The lowest BCUT2D eigenvalue weighted by Gasteiger charge is -2.20. The van der Waals surface area contributed by atoms with Crippen LogP contribution in [0.2, 0.25) is 5.02 Å². The molecule has 0 aliphatic carbocycles. The molecule has 0 aliphatic heterocycles. The van der Waals surface area contributed by atoms with Gasteiger partial charge in [0.05, 0.1) is 19.3 Å². The van der Waals surface area contributed by atoms with Gasteiger partial charge in [-0.2, -0.15) is 11.3 Å². The molecule has 1 aromatic heterocycles. The maximum Gasteiger partial charge on any atom is 0.162 e. The summed E-state index contributed by atoms with van der Waals surface area (Å²) in [7, 11) is 1.93. The number of hydrogen-bond donors (Lipinski definition) is 1. The highest BCUT2D eigenvalue weighted by molar-refractivity contribution is 7.08. The molecular formula is C16H20ClNO2S. The number of benzene rings is 1. The molecule has 0 amide bonds. The van der Waals surface area contributed by atoms with Crippen molar-refractivity contribution in [2.24, 2.45) is 0 Å². The highest BCUT2D eigenvalue weighted by Gasteiger charge is 2.19. The van der Waals surface area contributed by atoms with E-state index in [1.165, 1.54) is 5.56 Å². The van der Waals surface area contributed by atoms with E-state index in [2.05, 4.69) is 22.1 Å². The Morgan fingerprint density at radius 2 is 1.86 bits per heavy atom. The molecule has 1 N–H and O–H groups in total. The predicted molar refractivity (Wildman–Crippen MR) is 89.0 cm³/mol. The molecule has 0 saturated carbocycles. The van der Waals surface area contributed by atoms with Crippen LogP contribution >= 0.6 is 22.9 Å². The summed E-state index contributed by atoms with van der Waals surface area (Å²) in [4.78, 5) is 0. The van der Waals surface area contributed by atoms with Crippen LogP contribution in [0.1, 0.15) is 31.0 Å². The minimum absolute atomic E-state index is 0.0404. The molecule has 0 spiro atoms. The van der Waals surface area contributed by atoms with Crippen LogP contribution in [0.15, 0.2) is 29.0 Å². The molecule has 5 heteroatoms. The third kappa shape index (κ3) is 3.70. The number of hydrogen-bond acceptors (Lipinski definition) is 4. The monoisotopic (exact) mass is 325 g/mol. The molecule has 0 aliphatic rings. The Labute approximate surface area is 134 Å². The second kappa shape index (κ2) is 7.69. The third-order valence-corrected chi connectivity index (χ3v) is 4.17. The van der Waals surface area contributed by atoms with Gasteiger partial charge in [0, 0.05) is 11.1 Å². The SMILES string of the molecule is CCOc1cc(Cl)c(C(NC)c2ccsc2)cc1OCC. The Bertz CT molecular complexity index is 572. The highest BCUT2D eigenvalue weighted by Crippen LogP contribution is 2.38. The van der Waals surface area contributed by atoms with Gasteiger partial charge in [-0.15, -0.1) is 0 Å². The van der Waals surface area contributed by atoms with E-state index in [0.29, 0.717) is 24.0 Å². The zero-order valence-electron chi connectivity index (χ0n) is 12.5. The van der Waals surface area contributed by atoms with Crippen LogP contribution in [0, 0.1) is 0 Å². The lowest BCUT2D eigenvalue weighted by molar-refractivity contribution is 0.287. The fourth-order valence-electron chi connectivity index (χ4n) is 2.25. The van der Waals surface area contributed by atoms with Crippen LogP contribution in [0.5, 0.6) is 11.5 Å². The van der Waals surface area contributed by atoms with Crippen molar-refractivity contribution in [3.05, 3.63) is 45.1 Å². The van der Waals surface area contributed by atoms with Crippen molar-refractivity contribution in [1.82, 2.24) is 5.32 Å². The Morgan fingerprint density at radius 1 is 1.19 bits per heavy atom. The number of rotatable bonds is 7. The first-order valence-electron chi connectivity index (χ1n) is 6.99. The van der Waals surface area contributed by atoms with Gasteiger partial charge in [0.25, 0.3) is 0 Å². The van der Waals surface area contributed by atoms with Gasteiger partial charge < -0.3 is 14.8 Å². The van der Waals surface area contributed by atoms with Crippen molar-refractivity contribution in [3.8, 4) is 11.5 Å². The molecule has 0 fully saturated rings. The van der Waals surface area contributed by atoms with E-state index in [9.17, 15) is 0 Å². The van der Waals surface area contributed by atoms with Gasteiger partial charge in [-0.3, -0.25) is 0 Å². The molecule has 114 valence electrons. The van der Waals surface area contributed by atoms with Crippen molar-refractivity contribution < 1.29 is 9.47 Å². The summed E-state index contributed by atoms with van der Waals surface area (Å²) >= 11 is 8.13. The van der Waals surface area contributed by atoms with Crippen molar-refractivity contribution in [3.63, 3.8) is 0 Å². The van der Waals surface area contributed by atoms with Crippen molar-refractivity contribution in [1.29, 1.82) is 0 Å². The molecule has 1 unspecified atom stereocenters. The number of thiophene rings is 1. The first kappa shape index (κ1) is 16.1. The van der Waals surface area contributed by atoms with Crippen LogP contribution in [0.4, 0.5) is 0 Å². The van der Waals surface area contributed by atoms with E-state index in [4.69, 9.17) is 21.1 Å². The molecular weight excluding hydrogens is 306 g/mol. The van der Waals surface area contributed by atoms with Gasteiger partial charge in [0.2, 0.25) is 0 Å². The van der Waals surface area contributed by atoms with Gasteiger partial charge in [-0.25, -0.2) is 0 Å². The smallest absolute Gasteiger partial charge is 0.162 e. The van der Waals surface area contributed by atoms with E-state index in [1.807, 2.05) is 33.0 Å². The fourth-order valence-corrected chi connectivity index (χ4v) is 3.20. The first-order valence-corrected chi connectivity index (χ1v) is 8.31. The van der Waals surface area contributed by atoms with Crippen molar-refractivity contribution in [2.75, 3.05) is 20.3 Å². The zero-order chi connectivity index (χ0) is 15.2. The number of halogens is 1. The van der Waals surface area contributed by atoms with E-state index >= 15 is 0 Å². The van der Waals surface area contributed by atoms with Crippen LogP contribution < -0.4 is 14.8 Å². The third-order valence-electron chi connectivity index (χ3n) is 3.14. The minimum atomic E-state index is 0.0404. The van der Waals surface area contributed by atoms with Crippen LogP contribution in [0.3, 0.4) is 0 Å². The maximum atomic E-state index is 6.46. The summed E-state index contributed by atoms with van der Waals surface area (Å²) in [5, 5.41) is 8.16. The quantitative estimate of drug-likeness (QED) is 0.812. The molecule has 0 bridgehead atoms. The lowest BCUT2D eigenvalue weighted by atomic mass is 10.0.